The molecule has 0 bridgehead atoms. The summed E-state index contributed by atoms with van der Waals surface area (Å²) in [6.45, 7) is 4.07. The number of allylic oxidation sites excluding steroid dienone is 2. The third-order valence-electron chi connectivity index (χ3n) is 2.62. The number of hydrogen-bond donors (Lipinski definition) is 0. The first kappa shape index (κ1) is 14.2. The van der Waals surface area contributed by atoms with Crippen LogP contribution in [0.15, 0.2) is 12.2 Å². The topological polar surface area (TPSA) is 40.1 Å². The lowest BCUT2D eigenvalue weighted by molar-refractivity contribution is -0.311. The predicted octanol–water partition coefficient (Wildman–Crippen LogP) is 2.68. The fourth-order valence-electron chi connectivity index (χ4n) is 1.54. The summed E-state index contributed by atoms with van der Waals surface area (Å²) >= 11 is 0. The van der Waals surface area contributed by atoms with E-state index in [9.17, 15) is 9.90 Å². The smallest absolute Gasteiger partial charge is 0.0445 e. The van der Waals surface area contributed by atoms with Crippen molar-refractivity contribution in [2.75, 3.05) is 0 Å². The summed E-state index contributed by atoms with van der Waals surface area (Å²) < 4.78 is 0. The zero-order valence-electron chi connectivity index (χ0n) is 10.00. The van der Waals surface area contributed by atoms with Gasteiger partial charge < -0.3 is 9.90 Å². The average Bonchev–Trinajstić information content (AvgIpc) is 2.21. The SMILES string of the molecule is CCC/C=C/CCCCC(CC)C(=O)[O-]. The molecule has 0 amide bonds. The van der Waals surface area contributed by atoms with E-state index in [0.717, 1.165) is 32.1 Å². The van der Waals surface area contributed by atoms with Crippen LogP contribution in [-0.4, -0.2) is 5.97 Å². The van der Waals surface area contributed by atoms with E-state index in [1.807, 2.05) is 6.92 Å². The second-order valence-corrected chi connectivity index (χ2v) is 3.97. The number of unbranched alkanes of at least 4 members (excludes halogenated alkanes) is 3. The Morgan fingerprint density at radius 2 is 1.87 bits per heavy atom. The number of carboxylic acid groups (broad SMARTS) is 1. The van der Waals surface area contributed by atoms with Gasteiger partial charge >= 0.3 is 0 Å². The molecule has 0 saturated carbocycles. The Balaban J connectivity index is 3.40. The van der Waals surface area contributed by atoms with Crippen LogP contribution in [0.3, 0.4) is 0 Å². The van der Waals surface area contributed by atoms with Crippen LogP contribution in [0.2, 0.25) is 0 Å². The molecule has 1 atom stereocenters. The third kappa shape index (κ3) is 8.22. The quantitative estimate of drug-likeness (QED) is 0.434. The first-order valence-electron chi connectivity index (χ1n) is 6.08. The van der Waals surface area contributed by atoms with E-state index in [4.69, 9.17) is 0 Å². The van der Waals surface area contributed by atoms with Crippen LogP contribution >= 0.6 is 0 Å². The van der Waals surface area contributed by atoms with Crippen molar-refractivity contribution in [3.8, 4) is 0 Å². The molecule has 0 aliphatic heterocycles. The van der Waals surface area contributed by atoms with Gasteiger partial charge in [-0.1, -0.05) is 38.8 Å². The van der Waals surface area contributed by atoms with Gasteiger partial charge in [-0.15, -0.1) is 0 Å². The fourth-order valence-corrected chi connectivity index (χ4v) is 1.54. The first-order valence-corrected chi connectivity index (χ1v) is 6.08. The maximum Gasteiger partial charge on any atom is 0.0445 e. The van der Waals surface area contributed by atoms with Gasteiger partial charge in [0.1, 0.15) is 0 Å². The highest BCUT2D eigenvalue weighted by Gasteiger charge is 2.05. The molecule has 0 fully saturated rings. The molecule has 0 aliphatic rings. The van der Waals surface area contributed by atoms with E-state index in [2.05, 4.69) is 19.1 Å². The maximum absolute atomic E-state index is 10.6. The molecule has 0 rings (SSSR count). The normalized spacial score (nSPS) is 13.2. The lowest BCUT2D eigenvalue weighted by Crippen LogP contribution is -2.30. The Morgan fingerprint density at radius 3 is 2.40 bits per heavy atom. The minimum absolute atomic E-state index is 0.246. The molecule has 0 aliphatic carbocycles. The van der Waals surface area contributed by atoms with Gasteiger partial charge in [-0.2, -0.15) is 0 Å². The van der Waals surface area contributed by atoms with Gasteiger partial charge in [0.15, 0.2) is 0 Å². The lowest BCUT2D eigenvalue weighted by atomic mass is 9.99. The van der Waals surface area contributed by atoms with Gasteiger partial charge in [0.2, 0.25) is 0 Å². The fraction of sp³-hybridized carbons (Fsp3) is 0.769. The highest BCUT2D eigenvalue weighted by molar-refractivity contribution is 5.67. The summed E-state index contributed by atoms with van der Waals surface area (Å²) in [6.07, 6.45) is 11.3. The van der Waals surface area contributed by atoms with Crippen LogP contribution in [-0.2, 0) is 4.79 Å². The predicted molar refractivity (Wildman–Crippen MR) is 61.3 cm³/mol. The van der Waals surface area contributed by atoms with Crippen LogP contribution in [0.4, 0.5) is 0 Å². The molecule has 0 aromatic rings. The summed E-state index contributed by atoms with van der Waals surface area (Å²) in [4.78, 5) is 10.6. The van der Waals surface area contributed by atoms with Gasteiger partial charge in [-0.3, -0.25) is 0 Å². The van der Waals surface area contributed by atoms with Crippen molar-refractivity contribution < 1.29 is 9.90 Å². The number of carbonyl (C=O) groups excluding carboxylic acids is 1. The van der Waals surface area contributed by atoms with Crippen LogP contribution in [0, 0.1) is 5.92 Å². The van der Waals surface area contributed by atoms with E-state index in [1.54, 1.807) is 0 Å². The molecule has 1 unspecified atom stereocenters. The van der Waals surface area contributed by atoms with Crippen LogP contribution in [0.5, 0.6) is 0 Å². The third-order valence-corrected chi connectivity index (χ3v) is 2.62. The number of aliphatic carboxylic acids is 1. The zero-order chi connectivity index (χ0) is 11.5. The summed E-state index contributed by atoms with van der Waals surface area (Å²) in [5.41, 5.74) is 0. The van der Waals surface area contributed by atoms with Gasteiger partial charge in [0.25, 0.3) is 0 Å². The van der Waals surface area contributed by atoms with Crippen molar-refractivity contribution in [3.05, 3.63) is 12.2 Å². The molecule has 0 aromatic carbocycles. The number of carboxylic acids is 1. The summed E-state index contributed by atoms with van der Waals surface area (Å²) in [6, 6.07) is 0. The largest absolute Gasteiger partial charge is 0.550 e. The average molecular weight is 211 g/mol. The minimum atomic E-state index is -0.890. The van der Waals surface area contributed by atoms with Gasteiger partial charge in [0.05, 0.1) is 0 Å². The van der Waals surface area contributed by atoms with Gasteiger partial charge in [0, 0.05) is 5.97 Å². The monoisotopic (exact) mass is 211 g/mol. The Bertz CT molecular complexity index is 185. The van der Waals surface area contributed by atoms with Crippen molar-refractivity contribution in [2.24, 2.45) is 5.92 Å². The molecule has 2 nitrogen and oxygen atoms in total. The van der Waals surface area contributed by atoms with Crippen molar-refractivity contribution in [1.82, 2.24) is 0 Å². The summed E-state index contributed by atoms with van der Waals surface area (Å²) in [5, 5.41) is 10.6. The van der Waals surface area contributed by atoms with Crippen LogP contribution in [0.1, 0.15) is 58.8 Å². The van der Waals surface area contributed by atoms with Crippen LogP contribution < -0.4 is 5.11 Å². The Kier molecular flexibility index (Phi) is 9.24. The van der Waals surface area contributed by atoms with Crippen molar-refractivity contribution in [1.29, 1.82) is 0 Å². The highest BCUT2D eigenvalue weighted by atomic mass is 16.4. The molecule has 2 heteroatoms. The second kappa shape index (κ2) is 9.75. The molecule has 0 saturated heterocycles. The molecule has 88 valence electrons. The Hall–Kier alpha value is -0.790. The highest BCUT2D eigenvalue weighted by Crippen LogP contribution is 2.12. The van der Waals surface area contributed by atoms with Crippen molar-refractivity contribution in [2.45, 2.75) is 58.8 Å². The second-order valence-electron chi connectivity index (χ2n) is 3.97. The number of carbonyl (C=O) groups is 1. The molecule has 0 aromatic heterocycles. The molecule has 15 heavy (non-hydrogen) atoms. The first-order chi connectivity index (χ1) is 7.22. The molecule has 0 heterocycles. The standard InChI is InChI=1S/C13H24O2/c1-3-5-6-7-8-9-10-11-12(4-2)13(14)15/h6-7,12H,3-5,8-11H2,1-2H3,(H,14,15)/p-1/b7-6+. The summed E-state index contributed by atoms with van der Waals surface area (Å²) in [7, 11) is 0. The van der Waals surface area contributed by atoms with Gasteiger partial charge in [-0.25, -0.2) is 0 Å². The molecule has 0 N–H and O–H groups in total. The van der Waals surface area contributed by atoms with E-state index < -0.39 is 5.97 Å². The molecule has 0 spiro atoms. The van der Waals surface area contributed by atoms with Crippen molar-refractivity contribution >= 4 is 5.97 Å². The summed E-state index contributed by atoms with van der Waals surface area (Å²) in [5.74, 6) is -1.14. The minimum Gasteiger partial charge on any atom is -0.550 e. The van der Waals surface area contributed by atoms with E-state index in [1.165, 1.54) is 6.42 Å². The molecular formula is C13H23O2-. The van der Waals surface area contributed by atoms with E-state index in [-0.39, 0.29) is 5.92 Å². The maximum atomic E-state index is 10.6. The van der Waals surface area contributed by atoms with Crippen LogP contribution in [0.25, 0.3) is 0 Å². The van der Waals surface area contributed by atoms with Gasteiger partial charge in [-0.05, 0) is 38.0 Å². The molecule has 0 radical (unpaired) electrons. The van der Waals surface area contributed by atoms with Crippen molar-refractivity contribution in [3.63, 3.8) is 0 Å². The zero-order valence-corrected chi connectivity index (χ0v) is 10.00. The number of hydrogen-bond acceptors (Lipinski definition) is 2. The lowest BCUT2D eigenvalue weighted by Gasteiger charge is -2.14. The Morgan fingerprint density at radius 1 is 1.20 bits per heavy atom. The Labute approximate surface area is 93.4 Å². The molecular weight excluding hydrogens is 188 g/mol. The van der Waals surface area contributed by atoms with E-state index >= 15 is 0 Å². The van der Waals surface area contributed by atoms with E-state index in [0.29, 0.717) is 6.42 Å². The number of rotatable bonds is 9.